The van der Waals surface area contributed by atoms with Gasteiger partial charge >= 0.3 is 0 Å². The highest BCUT2D eigenvalue weighted by Gasteiger charge is 2.08. The van der Waals surface area contributed by atoms with Crippen molar-refractivity contribution in [1.29, 1.82) is 0 Å². The van der Waals surface area contributed by atoms with Crippen LogP contribution in [-0.4, -0.2) is 25.1 Å². The first-order chi connectivity index (χ1) is 10.2. The fourth-order valence-corrected chi connectivity index (χ4v) is 2.89. The first kappa shape index (κ1) is 15.7. The van der Waals surface area contributed by atoms with Crippen molar-refractivity contribution in [3.63, 3.8) is 0 Å². The van der Waals surface area contributed by atoms with E-state index in [4.69, 9.17) is 9.47 Å². The lowest BCUT2D eigenvalue weighted by Crippen LogP contribution is -2.01. The van der Waals surface area contributed by atoms with E-state index in [1.54, 1.807) is 26.0 Å². The van der Waals surface area contributed by atoms with Gasteiger partial charge in [0.25, 0.3) is 0 Å². The van der Waals surface area contributed by atoms with E-state index in [1.807, 2.05) is 48.5 Å². The predicted octanol–water partition coefficient (Wildman–Crippen LogP) is 3.67. The molecule has 0 aromatic heterocycles. The Morgan fingerprint density at radius 2 is 1.43 bits per heavy atom. The molecule has 0 saturated heterocycles. The Labute approximate surface area is 129 Å². The highest BCUT2D eigenvalue weighted by molar-refractivity contribution is 7.98. The topological polar surface area (TPSA) is 38.7 Å². The van der Waals surface area contributed by atoms with Crippen molar-refractivity contribution in [1.82, 2.24) is 0 Å². The van der Waals surface area contributed by atoms with Gasteiger partial charge < -0.3 is 14.6 Å². The third-order valence-electron chi connectivity index (χ3n) is 3.20. The second kappa shape index (κ2) is 7.96. The molecule has 0 bridgehead atoms. The van der Waals surface area contributed by atoms with Gasteiger partial charge in [-0.1, -0.05) is 24.3 Å². The van der Waals surface area contributed by atoms with Gasteiger partial charge in [-0.2, -0.15) is 11.8 Å². The van der Waals surface area contributed by atoms with E-state index in [-0.39, 0.29) is 0 Å². The molecule has 0 aliphatic rings. The molecule has 0 heterocycles. The van der Waals surface area contributed by atoms with Gasteiger partial charge in [-0.15, -0.1) is 0 Å². The van der Waals surface area contributed by atoms with E-state index in [0.29, 0.717) is 5.75 Å². The normalized spacial score (nSPS) is 12.0. The van der Waals surface area contributed by atoms with Crippen LogP contribution in [0.15, 0.2) is 48.5 Å². The number of benzene rings is 2. The number of hydrogen-bond acceptors (Lipinski definition) is 4. The molecule has 0 spiro atoms. The van der Waals surface area contributed by atoms with Crippen LogP contribution in [0.4, 0.5) is 0 Å². The molecule has 2 aromatic carbocycles. The molecule has 4 heteroatoms. The Bertz CT molecular complexity index is 537. The molecule has 0 fully saturated rings. The summed E-state index contributed by atoms with van der Waals surface area (Å²) < 4.78 is 10.2. The summed E-state index contributed by atoms with van der Waals surface area (Å²) in [6, 6.07) is 15.5. The van der Waals surface area contributed by atoms with Gasteiger partial charge in [0, 0.05) is 11.5 Å². The first-order valence-corrected chi connectivity index (χ1v) is 7.91. The number of rotatable bonds is 7. The molecule has 1 N–H and O–H groups in total. The largest absolute Gasteiger partial charge is 0.497 e. The number of methoxy groups -OCH3 is 2. The van der Waals surface area contributed by atoms with Gasteiger partial charge in [0.05, 0.1) is 20.3 Å². The van der Waals surface area contributed by atoms with Gasteiger partial charge in [-0.25, -0.2) is 0 Å². The van der Waals surface area contributed by atoms with Crippen LogP contribution in [0.1, 0.15) is 17.2 Å². The monoisotopic (exact) mass is 304 g/mol. The zero-order chi connectivity index (χ0) is 15.1. The summed E-state index contributed by atoms with van der Waals surface area (Å²) in [6.45, 7) is 0. The fourth-order valence-electron chi connectivity index (χ4n) is 1.93. The van der Waals surface area contributed by atoms with E-state index in [9.17, 15) is 5.11 Å². The molecule has 0 aliphatic heterocycles. The summed E-state index contributed by atoms with van der Waals surface area (Å²) in [4.78, 5) is 0. The van der Waals surface area contributed by atoms with Gasteiger partial charge in [0.15, 0.2) is 0 Å². The summed E-state index contributed by atoms with van der Waals surface area (Å²) in [5.74, 6) is 3.20. The average molecular weight is 304 g/mol. The van der Waals surface area contributed by atoms with Gasteiger partial charge in [0.1, 0.15) is 11.5 Å². The number of thioether (sulfide) groups is 1. The lowest BCUT2D eigenvalue weighted by atomic mass is 10.1. The third-order valence-corrected chi connectivity index (χ3v) is 4.29. The number of ether oxygens (including phenoxy) is 2. The Kier molecular flexibility index (Phi) is 5.96. The fraction of sp³-hybridized carbons (Fsp3) is 0.294. The second-order valence-corrected chi connectivity index (χ2v) is 5.68. The minimum Gasteiger partial charge on any atom is -0.497 e. The molecular formula is C17H20O3S. The zero-order valence-electron chi connectivity index (χ0n) is 12.3. The van der Waals surface area contributed by atoms with Crippen LogP contribution in [-0.2, 0) is 5.75 Å². The van der Waals surface area contributed by atoms with Crippen molar-refractivity contribution >= 4 is 11.8 Å². The van der Waals surface area contributed by atoms with Crippen LogP contribution in [0, 0.1) is 0 Å². The average Bonchev–Trinajstić information content (AvgIpc) is 2.55. The van der Waals surface area contributed by atoms with Crippen LogP contribution >= 0.6 is 11.8 Å². The molecule has 0 radical (unpaired) electrons. The summed E-state index contributed by atoms with van der Waals surface area (Å²) in [5, 5.41) is 10.2. The molecule has 2 aromatic rings. The standard InChI is InChI=1S/C17H20O3S/c1-19-15-7-3-13(4-8-15)11-21-12-17(18)14-5-9-16(20-2)10-6-14/h3-10,17-18H,11-12H2,1-2H3. The number of aliphatic hydroxyl groups is 1. The summed E-state index contributed by atoms with van der Waals surface area (Å²) in [5.41, 5.74) is 2.14. The van der Waals surface area contributed by atoms with Gasteiger partial charge in [-0.3, -0.25) is 0 Å². The molecule has 0 amide bonds. The van der Waals surface area contributed by atoms with Crippen molar-refractivity contribution in [3.8, 4) is 11.5 Å². The third kappa shape index (κ3) is 4.69. The molecule has 1 atom stereocenters. The first-order valence-electron chi connectivity index (χ1n) is 6.75. The SMILES string of the molecule is COc1ccc(CSCC(O)c2ccc(OC)cc2)cc1. The van der Waals surface area contributed by atoms with Crippen molar-refractivity contribution in [3.05, 3.63) is 59.7 Å². The molecule has 0 aliphatic carbocycles. The maximum Gasteiger partial charge on any atom is 0.118 e. The lowest BCUT2D eigenvalue weighted by molar-refractivity contribution is 0.204. The van der Waals surface area contributed by atoms with Crippen molar-refractivity contribution in [2.75, 3.05) is 20.0 Å². The molecule has 3 nitrogen and oxygen atoms in total. The summed E-state index contributed by atoms with van der Waals surface area (Å²) in [6.07, 6.45) is -0.459. The van der Waals surface area contributed by atoms with Gasteiger partial charge in [0.2, 0.25) is 0 Å². The van der Waals surface area contributed by atoms with E-state index in [1.165, 1.54) is 5.56 Å². The zero-order valence-corrected chi connectivity index (χ0v) is 13.1. The van der Waals surface area contributed by atoms with Gasteiger partial charge in [-0.05, 0) is 35.4 Å². The minimum atomic E-state index is -0.459. The van der Waals surface area contributed by atoms with E-state index in [0.717, 1.165) is 22.8 Å². The van der Waals surface area contributed by atoms with Crippen molar-refractivity contribution in [2.45, 2.75) is 11.9 Å². The number of hydrogen-bond donors (Lipinski definition) is 1. The Morgan fingerprint density at radius 3 is 1.95 bits per heavy atom. The quantitative estimate of drug-likeness (QED) is 0.847. The molecule has 0 saturated carbocycles. The van der Waals surface area contributed by atoms with E-state index >= 15 is 0 Å². The lowest BCUT2D eigenvalue weighted by Gasteiger charge is -2.11. The summed E-state index contributed by atoms with van der Waals surface area (Å²) in [7, 11) is 3.30. The Balaban J connectivity index is 1.81. The van der Waals surface area contributed by atoms with Crippen LogP contribution in [0.2, 0.25) is 0 Å². The smallest absolute Gasteiger partial charge is 0.118 e. The molecular weight excluding hydrogens is 284 g/mol. The van der Waals surface area contributed by atoms with Crippen LogP contribution < -0.4 is 9.47 Å². The highest BCUT2D eigenvalue weighted by atomic mass is 32.2. The van der Waals surface area contributed by atoms with Crippen molar-refractivity contribution < 1.29 is 14.6 Å². The highest BCUT2D eigenvalue weighted by Crippen LogP contribution is 2.23. The Morgan fingerprint density at radius 1 is 0.905 bits per heavy atom. The number of aliphatic hydroxyl groups excluding tert-OH is 1. The summed E-state index contributed by atoms with van der Waals surface area (Å²) >= 11 is 1.71. The van der Waals surface area contributed by atoms with Crippen LogP contribution in [0.5, 0.6) is 11.5 Å². The van der Waals surface area contributed by atoms with E-state index in [2.05, 4.69) is 0 Å². The van der Waals surface area contributed by atoms with Crippen molar-refractivity contribution in [2.24, 2.45) is 0 Å². The maximum absolute atomic E-state index is 10.2. The molecule has 21 heavy (non-hydrogen) atoms. The Hall–Kier alpha value is -1.65. The van der Waals surface area contributed by atoms with Crippen LogP contribution in [0.25, 0.3) is 0 Å². The molecule has 1 unspecified atom stereocenters. The molecule has 112 valence electrons. The second-order valence-electron chi connectivity index (χ2n) is 4.65. The maximum atomic E-state index is 10.2. The predicted molar refractivity (Wildman–Crippen MR) is 87.1 cm³/mol. The van der Waals surface area contributed by atoms with Crippen LogP contribution in [0.3, 0.4) is 0 Å². The minimum absolute atomic E-state index is 0.459. The van der Waals surface area contributed by atoms with E-state index < -0.39 is 6.10 Å². The molecule has 2 rings (SSSR count).